The van der Waals surface area contributed by atoms with Gasteiger partial charge in [0.25, 0.3) is 0 Å². The molecule has 0 aliphatic rings. The number of nitrogens with two attached hydrogens (primary N) is 1. The molecule has 0 atom stereocenters. The average Bonchev–Trinajstić information content (AvgIpc) is 2.54. The Morgan fingerprint density at radius 2 is 1.65 bits per heavy atom. The van der Waals surface area contributed by atoms with E-state index in [0.717, 1.165) is 22.6 Å². The maximum Gasteiger partial charge on any atom is 0.191 e. The smallest absolute Gasteiger partial charge is 0.191 e. The molecule has 0 aliphatic heterocycles. The summed E-state index contributed by atoms with van der Waals surface area (Å²) in [6.07, 6.45) is 0. The second kappa shape index (κ2) is 7.74. The molecule has 0 fully saturated rings. The van der Waals surface area contributed by atoms with Crippen molar-refractivity contribution in [1.82, 2.24) is 5.43 Å². The number of benzene rings is 2. The van der Waals surface area contributed by atoms with E-state index in [0.29, 0.717) is 11.0 Å². The molecule has 0 unspecified atom stereocenters. The van der Waals surface area contributed by atoms with Crippen LogP contribution in [0.25, 0.3) is 0 Å². The van der Waals surface area contributed by atoms with Gasteiger partial charge >= 0.3 is 0 Å². The molecule has 0 aliphatic carbocycles. The average molecular weight is 326 g/mol. The Bertz CT molecular complexity index is 688. The van der Waals surface area contributed by atoms with Gasteiger partial charge in [-0.25, -0.2) is 0 Å². The van der Waals surface area contributed by atoms with Crippen LogP contribution in [0.4, 0.5) is 11.4 Å². The number of anilines is 2. The minimum atomic E-state index is 0.456. The maximum atomic E-state index is 5.68. The Balaban J connectivity index is 1.93. The molecule has 0 amide bonds. The molecule has 23 heavy (non-hydrogen) atoms. The van der Waals surface area contributed by atoms with E-state index in [1.54, 1.807) is 0 Å². The van der Waals surface area contributed by atoms with Crippen molar-refractivity contribution in [2.75, 3.05) is 11.1 Å². The van der Waals surface area contributed by atoms with Gasteiger partial charge in [-0.3, -0.25) is 5.43 Å². The van der Waals surface area contributed by atoms with Crippen LogP contribution in [0.5, 0.6) is 0 Å². The lowest BCUT2D eigenvalue weighted by Gasteiger charge is -2.10. The maximum absolute atomic E-state index is 5.68. The summed E-state index contributed by atoms with van der Waals surface area (Å²) in [5, 5.41) is 7.86. The molecular formula is C18H22N4S. The molecule has 5 heteroatoms. The summed E-state index contributed by atoms with van der Waals surface area (Å²) in [7, 11) is 0. The number of nitrogens with one attached hydrogen (secondary N) is 2. The first-order valence-corrected chi connectivity index (χ1v) is 7.93. The number of hydrogen-bond acceptors (Lipinski definition) is 3. The van der Waals surface area contributed by atoms with E-state index in [-0.39, 0.29) is 0 Å². The van der Waals surface area contributed by atoms with Crippen LogP contribution in [-0.4, -0.2) is 10.8 Å². The van der Waals surface area contributed by atoms with Crippen molar-refractivity contribution in [2.24, 2.45) is 5.10 Å². The molecule has 2 rings (SSSR count). The molecule has 0 saturated carbocycles. The van der Waals surface area contributed by atoms with Gasteiger partial charge in [-0.05, 0) is 60.5 Å². The molecule has 0 spiro atoms. The van der Waals surface area contributed by atoms with Crippen LogP contribution in [0.15, 0.2) is 53.6 Å². The lowest BCUT2D eigenvalue weighted by atomic mass is 10.0. The van der Waals surface area contributed by atoms with Gasteiger partial charge < -0.3 is 11.1 Å². The topological polar surface area (TPSA) is 62.4 Å². The highest BCUT2D eigenvalue weighted by molar-refractivity contribution is 7.80. The van der Waals surface area contributed by atoms with Gasteiger partial charge in [0, 0.05) is 11.4 Å². The van der Waals surface area contributed by atoms with Gasteiger partial charge in [0.05, 0.1) is 5.71 Å². The van der Waals surface area contributed by atoms with E-state index in [2.05, 4.69) is 41.8 Å². The van der Waals surface area contributed by atoms with Gasteiger partial charge in [-0.15, -0.1) is 0 Å². The van der Waals surface area contributed by atoms with Crippen LogP contribution >= 0.6 is 12.2 Å². The lowest BCUT2D eigenvalue weighted by Crippen LogP contribution is -2.24. The van der Waals surface area contributed by atoms with Crippen LogP contribution in [-0.2, 0) is 0 Å². The summed E-state index contributed by atoms with van der Waals surface area (Å²) in [5.41, 5.74) is 13.3. The van der Waals surface area contributed by atoms with Crippen LogP contribution in [0.2, 0.25) is 0 Å². The molecule has 4 nitrogen and oxygen atoms in total. The van der Waals surface area contributed by atoms with Crippen molar-refractivity contribution in [2.45, 2.75) is 26.7 Å². The van der Waals surface area contributed by atoms with E-state index in [9.17, 15) is 0 Å². The Morgan fingerprint density at radius 1 is 1.04 bits per heavy atom. The zero-order valence-corrected chi connectivity index (χ0v) is 14.4. The number of hydrazone groups is 1. The third kappa shape index (κ3) is 5.07. The molecule has 4 N–H and O–H groups in total. The Kier molecular flexibility index (Phi) is 5.71. The molecule has 0 bridgehead atoms. The van der Waals surface area contributed by atoms with Crippen LogP contribution in [0.1, 0.15) is 37.8 Å². The molecular weight excluding hydrogens is 304 g/mol. The van der Waals surface area contributed by atoms with Crippen molar-refractivity contribution in [3.8, 4) is 0 Å². The van der Waals surface area contributed by atoms with Crippen molar-refractivity contribution in [3.05, 3.63) is 59.7 Å². The molecule has 120 valence electrons. The first-order valence-electron chi connectivity index (χ1n) is 7.53. The van der Waals surface area contributed by atoms with Gasteiger partial charge in [0.2, 0.25) is 0 Å². The largest absolute Gasteiger partial charge is 0.399 e. The molecule has 0 heterocycles. The Hall–Kier alpha value is -2.40. The minimum Gasteiger partial charge on any atom is -0.399 e. The highest BCUT2D eigenvalue weighted by Crippen LogP contribution is 2.17. The van der Waals surface area contributed by atoms with Crippen molar-refractivity contribution >= 4 is 34.4 Å². The van der Waals surface area contributed by atoms with Gasteiger partial charge in [0.1, 0.15) is 0 Å². The van der Waals surface area contributed by atoms with E-state index >= 15 is 0 Å². The fourth-order valence-corrected chi connectivity index (χ4v) is 2.20. The second-order valence-electron chi connectivity index (χ2n) is 5.66. The highest BCUT2D eigenvalue weighted by Gasteiger charge is 2.01. The van der Waals surface area contributed by atoms with E-state index in [1.807, 2.05) is 43.3 Å². The van der Waals surface area contributed by atoms with E-state index < -0.39 is 0 Å². The number of nitrogen functional groups attached to an aromatic ring is 1. The van der Waals surface area contributed by atoms with Crippen LogP contribution < -0.4 is 16.5 Å². The third-order valence-electron chi connectivity index (χ3n) is 3.49. The summed E-state index contributed by atoms with van der Waals surface area (Å²) in [5.74, 6) is 0.515. The van der Waals surface area contributed by atoms with Crippen LogP contribution in [0.3, 0.4) is 0 Å². The predicted molar refractivity (Wildman–Crippen MR) is 103 cm³/mol. The third-order valence-corrected chi connectivity index (χ3v) is 3.68. The molecule has 0 saturated heterocycles. The summed E-state index contributed by atoms with van der Waals surface area (Å²) in [6, 6.07) is 15.8. The van der Waals surface area contributed by atoms with E-state index in [4.69, 9.17) is 18.0 Å². The first-order chi connectivity index (χ1) is 11.0. The zero-order valence-electron chi connectivity index (χ0n) is 13.6. The van der Waals surface area contributed by atoms with Crippen molar-refractivity contribution < 1.29 is 0 Å². The Morgan fingerprint density at radius 3 is 2.22 bits per heavy atom. The number of hydrogen-bond donors (Lipinski definition) is 3. The second-order valence-corrected chi connectivity index (χ2v) is 6.07. The SMILES string of the molecule is C/C(=N/NC(=S)Nc1ccc(C(C)C)cc1)c1ccc(N)cc1. The van der Waals surface area contributed by atoms with Gasteiger partial charge in [0.15, 0.2) is 5.11 Å². The number of rotatable bonds is 4. The lowest BCUT2D eigenvalue weighted by molar-refractivity contribution is 0.867. The number of thiocarbonyl (C=S) groups is 1. The Labute approximate surface area is 142 Å². The summed E-state index contributed by atoms with van der Waals surface area (Å²) in [4.78, 5) is 0. The standard InChI is InChI=1S/C18H22N4S/c1-12(2)14-6-10-17(11-7-14)20-18(23)22-21-13(3)15-4-8-16(19)9-5-15/h4-12H,19H2,1-3H3,(H2,20,22,23)/b21-13-. The fraction of sp³-hybridized carbons (Fsp3) is 0.222. The normalized spacial score (nSPS) is 11.4. The van der Waals surface area contributed by atoms with Crippen molar-refractivity contribution in [1.29, 1.82) is 0 Å². The summed E-state index contributed by atoms with van der Waals surface area (Å²) >= 11 is 5.26. The quantitative estimate of drug-likeness (QED) is 0.342. The van der Waals surface area contributed by atoms with Gasteiger partial charge in [-0.2, -0.15) is 5.10 Å². The molecule has 2 aromatic carbocycles. The first kappa shape index (κ1) is 17.0. The van der Waals surface area contributed by atoms with Gasteiger partial charge in [-0.1, -0.05) is 38.1 Å². The fourth-order valence-electron chi connectivity index (χ4n) is 2.03. The monoisotopic (exact) mass is 326 g/mol. The minimum absolute atomic E-state index is 0.456. The van der Waals surface area contributed by atoms with Crippen LogP contribution in [0, 0.1) is 0 Å². The summed E-state index contributed by atoms with van der Waals surface area (Å²) in [6.45, 7) is 6.26. The highest BCUT2D eigenvalue weighted by atomic mass is 32.1. The molecule has 0 radical (unpaired) electrons. The predicted octanol–water partition coefficient (Wildman–Crippen LogP) is 4.10. The van der Waals surface area contributed by atoms with E-state index in [1.165, 1.54) is 5.56 Å². The molecule has 0 aromatic heterocycles. The number of nitrogens with zero attached hydrogens (tertiary/aromatic N) is 1. The zero-order chi connectivity index (χ0) is 16.8. The van der Waals surface area contributed by atoms with Crippen molar-refractivity contribution in [3.63, 3.8) is 0 Å². The summed E-state index contributed by atoms with van der Waals surface area (Å²) < 4.78 is 0. The molecule has 2 aromatic rings.